The van der Waals surface area contributed by atoms with Gasteiger partial charge in [-0.2, -0.15) is 0 Å². The highest BCUT2D eigenvalue weighted by molar-refractivity contribution is 5.57. The predicted molar refractivity (Wildman–Crippen MR) is 89.1 cm³/mol. The Balaban J connectivity index is 2.67. The molecule has 0 bridgehead atoms. The summed E-state index contributed by atoms with van der Waals surface area (Å²) in [5, 5.41) is 17.3. The third-order valence-electron chi connectivity index (χ3n) is 2.83. The third kappa shape index (κ3) is 6.91. The molecule has 2 N–H and O–H groups in total. The van der Waals surface area contributed by atoms with Crippen LogP contribution in [0.15, 0.2) is 12.1 Å². The molecule has 0 atom stereocenters. The van der Waals surface area contributed by atoms with E-state index in [1.807, 2.05) is 0 Å². The van der Waals surface area contributed by atoms with Crippen molar-refractivity contribution in [2.24, 2.45) is 0 Å². The Morgan fingerprint density at radius 1 is 0.708 bits per heavy atom. The van der Waals surface area contributed by atoms with Crippen molar-refractivity contribution >= 4 is 0 Å². The van der Waals surface area contributed by atoms with Crippen LogP contribution in [0.3, 0.4) is 0 Å². The fourth-order valence-electron chi connectivity index (χ4n) is 1.78. The number of terminal acetylenes is 2. The van der Waals surface area contributed by atoms with Crippen LogP contribution in [0.4, 0.5) is 0 Å². The van der Waals surface area contributed by atoms with E-state index in [2.05, 4.69) is 11.8 Å². The second kappa shape index (κ2) is 12.2. The van der Waals surface area contributed by atoms with Gasteiger partial charge in [-0.05, 0) is 0 Å². The number of aliphatic hydroxyl groups excluding tert-OH is 2. The first-order valence-corrected chi connectivity index (χ1v) is 7.50. The van der Waals surface area contributed by atoms with Gasteiger partial charge in [-0.1, -0.05) is 11.8 Å². The van der Waals surface area contributed by atoms with E-state index in [-0.39, 0.29) is 39.6 Å². The molecule has 0 aliphatic heterocycles. The SMILES string of the molecule is C#Cc1cc(OCCOCCO)c(C#C)cc1OCCOCCO. The minimum Gasteiger partial charge on any atom is -0.490 e. The molecule has 0 saturated heterocycles. The zero-order valence-corrected chi connectivity index (χ0v) is 13.5. The standard InChI is InChI=1S/C18H22O6/c1-3-15-13-18(24-12-10-22-8-6-20)16(4-2)14-17(15)23-11-9-21-7-5-19/h1-2,13-14,19-20H,5-12H2. The Kier molecular flexibility index (Phi) is 10.1. The molecule has 1 aromatic carbocycles. The molecule has 6 heteroatoms. The predicted octanol–water partition coefficient (Wildman–Crippen LogP) is 0.425. The van der Waals surface area contributed by atoms with Gasteiger partial charge in [0.25, 0.3) is 0 Å². The molecule has 0 spiro atoms. The lowest BCUT2D eigenvalue weighted by Gasteiger charge is -2.13. The van der Waals surface area contributed by atoms with Gasteiger partial charge in [0, 0.05) is 12.1 Å². The van der Waals surface area contributed by atoms with Crippen LogP contribution in [-0.4, -0.2) is 63.1 Å². The van der Waals surface area contributed by atoms with Gasteiger partial charge in [-0.25, -0.2) is 0 Å². The normalized spacial score (nSPS) is 10.0. The monoisotopic (exact) mass is 334 g/mol. The van der Waals surface area contributed by atoms with Crippen LogP contribution in [0.2, 0.25) is 0 Å². The fraction of sp³-hybridized carbons (Fsp3) is 0.444. The Labute approximate surface area is 142 Å². The van der Waals surface area contributed by atoms with Crippen LogP contribution in [0.5, 0.6) is 11.5 Å². The van der Waals surface area contributed by atoms with Crippen molar-refractivity contribution in [1.29, 1.82) is 0 Å². The summed E-state index contributed by atoms with van der Waals surface area (Å²) < 4.78 is 21.4. The molecule has 0 fully saturated rings. The number of ether oxygens (including phenoxy) is 4. The third-order valence-corrected chi connectivity index (χ3v) is 2.83. The maximum Gasteiger partial charge on any atom is 0.136 e. The van der Waals surface area contributed by atoms with Crippen molar-refractivity contribution in [2.75, 3.05) is 52.9 Å². The minimum atomic E-state index is -0.0368. The van der Waals surface area contributed by atoms with Gasteiger partial charge in [0.05, 0.1) is 50.8 Å². The average molecular weight is 334 g/mol. The lowest BCUT2D eigenvalue weighted by Crippen LogP contribution is -2.11. The van der Waals surface area contributed by atoms with Crippen molar-refractivity contribution in [3.8, 4) is 36.2 Å². The molecular formula is C18H22O6. The van der Waals surface area contributed by atoms with E-state index in [1.165, 1.54) is 0 Å². The molecule has 0 aliphatic carbocycles. The number of rotatable bonds is 12. The summed E-state index contributed by atoms with van der Waals surface area (Å²) in [6.45, 7) is 1.67. The van der Waals surface area contributed by atoms with Crippen LogP contribution < -0.4 is 9.47 Å². The summed E-state index contributed by atoms with van der Waals surface area (Å²) in [5.41, 5.74) is 1.03. The summed E-state index contributed by atoms with van der Waals surface area (Å²) in [5.74, 6) is 6.01. The highest BCUT2D eigenvalue weighted by Crippen LogP contribution is 2.28. The van der Waals surface area contributed by atoms with Gasteiger partial charge < -0.3 is 29.2 Å². The summed E-state index contributed by atoms with van der Waals surface area (Å²) in [6.07, 6.45) is 11.0. The van der Waals surface area contributed by atoms with Crippen molar-refractivity contribution in [3.63, 3.8) is 0 Å². The molecule has 0 aromatic heterocycles. The number of benzene rings is 1. The highest BCUT2D eigenvalue weighted by Gasteiger charge is 2.10. The van der Waals surface area contributed by atoms with E-state index in [0.717, 1.165) is 0 Å². The zero-order chi connectivity index (χ0) is 17.6. The summed E-state index contributed by atoms with van der Waals surface area (Å²) in [4.78, 5) is 0. The first-order valence-electron chi connectivity index (χ1n) is 7.50. The van der Waals surface area contributed by atoms with E-state index in [9.17, 15) is 0 Å². The summed E-state index contributed by atoms with van der Waals surface area (Å²) in [7, 11) is 0. The van der Waals surface area contributed by atoms with Gasteiger partial charge in [0.2, 0.25) is 0 Å². The van der Waals surface area contributed by atoms with Gasteiger partial charge in [-0.3, -0.25) is 0 Å². The molecule has 1 aromatic rings. The van der Waals surface area contributed by atoms with E-state index >= 15 is 0 Å². The minimum absolute atomic E-state index is 0.0368. The van der Waals surface area contributed by atoms with Gasteiger partial charge >= 0.3 is 0 Å². The lowest BCUT2D eigenvalue weighted by molar-refractivity contribution is 0.0696. The first kappa shape index (κ1) is 19.8. The molecule has 0 unspecified atom stereocenters. The topological polar surface area (TPSA) is 77.4 Å². The van der Waals surface area contributed by atoms with E-state index in [1.54, 1.807) is 12.1 Å². The molecule has 0 amide bonds. The van der Waals surface area contributed by atoms with Crippen LogP contribution in [0.1, 0.15) is 11.1 Å². The molecule has 6 nitrogen and oxygen atoms in total. The highest BCUT2D eigenvalue weighted by atomic mass is 16.5. The molecule has 0 heterocycles. The van der Waals surface area contributed by atoms with Crippen LogP contribution in [-0.2, 0) is 9.47 Å². The summed E-state index contributed by atoms with van der Waals surface area (Å²) in [6, 6.07) is 3.29. The van der Waals surface area contributed by atoms with Crippen molar-refractivity contribution in [2.45, 2.75) is 0 Å². The molecule has 0 aliphatic rings. The second-order valence-electron chi connectivity index (χ2n) is 4.50. The van der Waals surface area contributed by atoms with E-state index in [4.69, 9.17) is 42.0 Å². The Morgan fingerprint density at radius 3 is 1.46 bits per heavy atom. The van der Waals surface area contributed by atoms with E-state index < -0.39 is 0 Å². The quantitative estimate of drug-likeness (QED) is 0.426. The Hall–Kier alpha value is -2.22. The fourth-order valence-corrected chi connectivity index (χ4v) is 1.78. The van der Waals surface area contributed by atoms with Crippen molar-refractivity contribution in [1.82, 2.24) is 0 Å². The molecular weight excluding hydrogens is 312 g/mol. The summed E-state index contributed by atoms with van der Waals surface area (Å²) >= 11 is 0. The lowest BCUT2D eigenvalue weighted by atomic mass is 10.1. The number of aliphatic hydroxyl groups is 2. The Morgan fingerprint density at radius 2 is 1.12 bits per heavy atom. The number of hydrogen-bond donors (Lipinski definition) is 2. The van der Waals surface area contributed by atoms with Crippen LogP contribution in [0.25, 0.3) is 0 Å². The maximum atomic E-state index is 8.63. The first-order chi connectivity index (χ1) is 11.8. The maximum absolute atomic E-state index is 8.63. The van der Waals surface area contributed by atoms with E-state index in [0.29, 0.717) is 35.8 Å². The smallest absolute Gasteiger partial charge is 0.136 e. The average Bonchev–Trinajstić information content (AvgIpc) is 2.61. The molecule has 24 heavy (non-hydrogen) atoms. The molecule has 1 rings (SSSR count). The Bertz CT molecular complexity index is 518. The van der Waals surface area contributed by atoms with Gasteiger partial charge in [0.1, 0.15) is 24.7 Å². The molecule has 130 valence electrons. The van der Waals surface area contributed by atoms with Crippen molar-refractivity contribution < 1.29 is 29.2 Å². The van der Waals surface area contributed by atoms with Gasteiger partial charge in [-0.15, -0.1) is 12.8 Å². The van der Waals surface area contributed by atoms with Gasteiger partial charge in [0.15, 0.2) is 0 Å². The second-order valence-corrected chi connectivity index (χ2v) is 4.50. The van der Waals surface area contributed by atoms with Crippen LogP contribution in [0, 0.1) is 24.7 Å². The van der Waals surface area contributed by atoms with Crippen molar-refractivity contribution in [3.05, 3.63) is 23.3 Å². The largest absolute Gasteiger partial charge is 0.490 e. The zero-order valence-electron chi connectivity index (χ0n) is 13.5. The van der Waals surface area contributed by atoms with Crippen LogP contribution >= 0.6 is 0 Å². The number of hydrogen-bond acceptors (Lipinski definition) is 6. The molecule has 0 saturated carbocycles. The molecule has 0 radical (unpaired) electrons.